The van der Waals surface area contributed by atoms with Crippen LogP contribution in [0.3, 0.4) is 0 Å². The van der Waals surface area contributed by atoms with Crippen LogP contribution in [0.25, 0.3) is 0 Å². The van der Waals surface area contributed by atoms with E-state index in [1.54, 1.807) is 0 Å². The number of ether oxygens (including phenoxy) is 1. The predicted molar refractivity (Wildman–Crippen MR) is 57.5 cm³/mol. The van der Waals surface area contributed by atoms with Crippen LogP contribution in [0, 0.1) is 0 Å². The second-order valence-electron chi connectivity index (χ2n) is 4.07. The van der Waals surface area contributed by atoms with Gasteiger partial charge in [0, 0.05) is 5.69 Å². The second-order valence-corrected chi connectivity index (χ2v) is 4.07. The van der Waals surface area contributed by atoms with E-state index in [1.165, 1.54) is 0 Å². The van der Waals surface area contributed by atoms with Crippen molar-refractivity contribution in [2.75, 3.05) is 11.9 Å². The third-order valence-corrected chi connectivity index (χ3v) is 2.20. The zero-order valence-corrected chi connectivity index (χ0v) is 10.4. The van der Waals surface area contributed by atoms with Crippen molar-refractivity contribution < 1.29 is 44.3 Å². The largest absolute Gasteiger partial charge is 0.471 e. The molecule has 0 bridgehead atoms. The molecule has 1 aromatic carbocycles. The van der Waals surface area contributed by atoms with E-state index in [4.69, 9.17) is 0 Å². The van der Waals surface area contributed by atoms with Crippen LogP contribution in [0.15, 0.2) is 24.3 Å². The Balaban J connectivity index is 2.78. The molecule has 126 valence electrons. The molecule has 0 spiro atoms. The molecule has 2 nitrogen and oxygen atoms in total. The van der Waals surface area contributed by atoms with E-state index in [9.17, 15) is 39.5 Å². The zero-order valence-electron chi connectivity index (χ0n) is 10.4. The number of hydrogen-bond donors (Lipinski definition) is 1. The van der Waals surface area contributed by atoms with Gasteiger partial charge >= 0.3 is 18.5 Å². The first kappa shape index (κ1) is 18.2. The molecule has 0 aliphatic rings. The number of halogens is 9. The summed E-state index contributed by atoms with van der Waals surface area (Å²) in [6, 6.07) is 3.13. The van der Waals surface area contributed by atoms with E-state index in [0.29, 0.717) is 12.1 Å². The molecule has 0 unspecified atom stereocenters. The Morgan fingerprint density at radius 3 is 1.64 bits per heavy atom. The van der Waals surface area contributed by atoms with E-state index < -0.39 is 36.9 Å². The first-order valence-electron chi connectivity index (χ1n) is 5.50. The molecule has 22 heavy (non-hydrogen) atoms. The average Bonchev–Trinajstić information content (AvgIpc) is 2.31. The summed E-state index contributed by atoms with van der Waals surface area (Å²) < 4.78 is 113. The minimum absolute atomic E-state index is 0.139. The third kappa shape index (κ3) is 5.90. The van der Waals surface area contributed by atoms with Crippen molar-refractivity contribution >= 4 is 5.69 Å². The fourth-order valence-corrected chi connectivity index (χ4v) is 1.31. The first-order valence-corrected chi connectivity index (χ1v) is 5.50. The molecule has 1 rings (SSSR count). The van der Waals surface area contributed by atoms with E-state index in [2.05, 4.69) is 4.74 Å². The predicted octanol–water partition coefficient (Wildman–Crippen LogP) is 4.53. The maximum Gasteiger partial charge on any atom is 0.434 e. The van der Waals surface area contributed by atoms with Gasteiger partial charge in [-0.3, -0.25) is 0 Å². The van der Waals surface area contributed by atoms with Crippen LogP contribution in [0.4, 0.5) is 45.2 Å². The Morgan fingerprint density at radius 1 is 0.818 bits per heavy atom. The molecule has 1 N–H and O–H groups in total. The normalized spacial score (nSPS) is 13.4. The van der Waals surface area contributed by atoms with E-state index >= 15 is 0 Å². The van der Waals surface area contributed by atoms with Crippen LogP contribution >= 0.6 is 0 Å². The Morgan fingerprint density at radius 2 is 1.27 bits per heavy atom. The van der Waals surface area contributed by atoms with Crippen LogP contribution in [0.1, 0.15) is 0 Å². The van der Waals surface area contributed by atoms with Gasteiger partial charge in [-0.05, 0) is 24.3 Å². The molecule has 0 saturated carbocycles. The Hall–Kier alpha value is -1.81. The Kier molecular flexibility index (Phi) is 5.08. The van der Waals surface area contributed by atoms with Gasteiger partial charge in [-0.15, -0.1) is 0 Å². The molecule has 0 atom stereocenters. The van der Waals surface area contributed by atoms with Gasteiger partial charge in [-0.1, -0.05) is 0 Å². The summed E-state index contributed by atoms with van der Waals surface area (Å²) in [4.78, 5) is 0. The lowest BCUT2D eigenvalue weighted by Crippen LogP contribution is -2.46. The van der Waals surface area contributed by atoms with E-state index in [1.807, 2.05) is 5.32 Å². The molecular weight excluding hydrogens is 333 g/mol. The van der Waals surface area contributed by atoms with Crippen molar-refractivity contribution in [3.8, 4) is 5.75 Å². The van der Waals surface area contributed by atoms with Crippen LogP contribution in [0.5, 0.6) is 5.75 Å². The van der Waals surface area contributed by atoms with Crippen LogP contribution in [0.2, 0.25) is 0 Å². The minimum atomic E-state index is -5.68. The van der Waals surface area contributed by atoms with Gasteiger partial charge in [0.1, 0.15) is 12.3 Å². The summed E-state index contributed by atoms with van der Waals surface area (Å²) in [5.74, 6) is -0.780. The highest BCUT2D eigenvalue weighted by atomic mass is 19.4. The van der Waals surface area contributed by atoms with Gasteiger partial charge in [-0.2, -0.15) is 39.5 Å². The maximum atomic E-state index is 12.3. The van der Waals surface area contributed by atoms with Crippen LogP contribution in [-0.4, -0.2) is 31.2 Å². The standard InChI is InChI=1S/C11H8F9NO/c12-9(13,14)5-21-6-1-3-7(4-2-6)22-8(10(15,16)17)11(18,19)20/h1-4,8,21H,5H2. The summed E-state index contributed by atoms with van der Waals surface area (Å²) in [6.07, 6.45) is -19.9. The summed E-state index contributed by atoms with van der Waals surface area (Å²) in [5.41, 5.74) is -0.139. The van der Waals surface area contributed by atoms with Crippen molar-refractivity contribution in [1.82, 2.24) is 0 Å². The Bertz CT molecular complexity index is 460. The van der Waals surface area contributed by atoms with Crippen LogP contribution < -0.4 is 10.1 Å². The highest BCUT2D eigenvalue weighted by Gasteiger charge is 2.59. The second kappa shape index (κ2) is 6.13. The molecule has 0 heterocycles. The highest BCUT2D eigenvalue weighted by molar-refractivity contribution is 5.46. The molecule has 0 aliphatic heterocycles. The molecule has 0 aliphatic carbocycles. The topological polar surface area (TPSA) is 21.3 Å². The molecule has 0 saturated heterocycles. The number of hydrogen-bond acceptors (Lipinski definition) is 2. The van der Waals surface area contributed by atoms with Gasteiger partial charge < -0.3 is 10.1 Å². The number of benzene rings is 1. The first-order chi connectivity index (χ1) is 9.79. The molecule has 11 heteroatoms. The van der Waals surface area contributed by atoms with Gasteiger partial charge in [0.25, 0.3) is 6.10 Å². The van der Waals surface area contributed by atoms with Gasteiger partial charge in [-0.25, -0.2) is 0 Å². The molecule has 1 aromatic rings. The summed E-state index contributed by atoms with van der Waals surface area (Å²) in [6.45, 7) is -1.40. The fourth-order valence-electron chi connectivity index (χ4n) is 1.31. The Labute approximate surface area is 117 Å². The molecule has 0 amide bonds. The number of alkyl halides is 9. The fraction of sp³-hybridized carbons (Fsp3) is 0.455. The number of rotatable bonds is 4. The monoisotopic (exact) mass is 341 g/mol. The van der Waals surface area contributed by atoms with Gasteiger partial charge in [0.05, 0.1) is 0 Å². The third-order valence-electron chi connectivity index (χ3n) is 2.20. The summed E-state index contributed by atoms with van der Waals surface area (Å²) in [7, 11) is 0. The number of nitrogens with one attached hydrogen (secondary N) is 1. The lowest BCUT2D eigenvalue weighted by atomic mass is 10.3. The molecule has 0 aromatic heterocycles. The van der Waals surface area contributed by atoms with Crippen molar-refractivity contribution in [2.24, 2.45) is 0 Å². The van der Waals surface area contributed by atoms with E-state index in [-0.39, 0.29) is 5.69 Å². The molecule has 0 fully saturated rings. The van der Waals surface area contributed by atoms with Gasteiger partial charge in [0.2, 0.25) is 0 Å². The molecular formula is C11H8F9NO. The average molecular weight is 341 g/mol. The van der Waals surface area contributed by atoms with Crippen molar-refractivity contribution in [3.63, 3.8) is 0 Å². The number of anilines is 1. The minimum Gasteiger partial charge on any atom is -0.471 e. The highest BCUT2D eigenvalue weighted by Crippen LogP contribution is 2.36. The van der Waals surface area contributed by atoms with E-state index in [0.717, 1.165) is 12.1 Å². The SMILES string of the molecule is FC(F)(F)CNc1ccc(OC(C(F)(F)F)C(F)(F)F)cc1. The van der Waals surface area contributed by atoms with Gasteiger partial charge in [0.15, 0.2) is 0 Å². The lowest BCUT2D eigenvalue weighted by molar-refractivity contribution is -0.299. The van der Waals surface area contributed by atoms with Crippen molar-refractivity contribution in [3.05, 3.63) is 24.3 Å². The summed E-state index contributed by atoms with van der Waals surface area (Å²) in [5, 5.41) is 1.90. The lowest BCUT2D eigenvalue weighted by Gasteiger charge is -2.23. The molecule has 0 radical (unpaired) electrons. The van der Waals surface area contributed by atoms with Crippen molar-refractivity contribution in [2.45, 2.75) is 24.6 Å². The maximum absolute atomic E-state index is 12.3. The summed E-state index contributed by atoms with van der Waals surface area (Å²) >= 11 is 0. The quantitative estimate of drug-likeness (QED) is 0.813. The smallest absolute Gasteiger partial charge is 0.434 e. The zero-order chi connectivity index (χ0) is 17.2. The van der Waals surface area contributed by atoms with Crippen molar-refractivity contribution in [1.29, 1.82) is 0 Å². The van der Waals surface area contributed by atoms with Crippen LogP contribution in [-0.2, 0) is 0 Å².